The Labute approximate surface area is 214 Å². The highest BCUT2D eigenvalue weighted by Crippen LogP contribution is 2.44. The molecule has 0 saturated heterocycles. The van der Waals surface area contributed by atoms with Gasteiger partial charge in [0, 0.05) is 49.9 Å². The van der Waals surface area contributed by atoms with Crippen LogP contribution in [0.2, 0.25) is 0 Å². The zero-order valence-electron chi connectivity index (χ0n) is 22.7. The van der Waals surface area contributed by atoms with Crippen LogP contribution in [0, 0.1) is 13.8 Å². The molecule has 3 N–H and O–H groups in total. The van der Waals surface area contributed by atoms with Crippen LogP contribution in [-0.4, -0.2) is 67.7 Å². The average Bonchev–Trinajstić information content (AvgIpc) is 3.08. The highest BCUT2D eigenvalue weighted by Gasteiger charge is 2.38. The van der Waals surface area contributed by atoms with Gasteiger partial charge in [0.2, 0.25) is 0 Å². The molecule has 4 rings (SSSR count). The second-order valence-corrected chi connectivity index (χ2v) is 10.5. The number of ether oxygens (including phenoxy) is 1. The number of hydrogen-bond donors (Lipinski definition) is 2. The number of anilines is 6. The summed E-state index contributed by atoms with van der Waals surface area (Å²) in [5, 5.41) is 3.38. The Kier molecular flexibility index (Phi) is 6.95. The van der Waals surface area contributed by atoms with Gasteiger partial charge in [-0.05, 0) is 45.6 Å². The molecule has 9 nitrogen and oxygen atoms in total. The normalized spacial score (nSPS) is 14.2. The molecular weight excluding hydrogens is 452 g/mol. The summed E-state index contributed by atoms with van der Waals surface area (Å²) in [6, 6.07) is 8.02. The number of rotatable bonds is 8. The maximum Gasteiger partial charge on any atom is 0.144 e. The maximum atomic E-state index is 6.45. The Morgan fingerprint density at radius 3 is 2.53 bits per heavy atom. The van der Waals surface area contributed by atoms with Crippen LogP contribution in [0.4, 0.5) is 34.4 Å². The first-order valence-corrected chi connectivity index (χ1v) is 12.2. The second kappa shape index (κ2) is 9.81. The van der Waals surface area contributed by atoms with E-state index in [9.17, 15) is 0 Å². The zero-order chi connectivity index (χ0) is 26.2. The standard InChI is InChI=1S/C27H38N8O/c1-17-11-22-26(31-18(17)2)27(3,4)15-35(22)25-14-24(29-16-30-25)32-20-12-19(28)21(13-23(20)36-8)34(7)10-9-33(5)6/h11-14,16H,9-10,15,28H2,1-8H3,(H,29,30,32). The van der Waals surface area contributed by atoms with Gasteiger partial charge in [-0.25, -0.2) is 9.97 Å². The molecule has 1 aliphatic heterocycles. The van der Waals surface area contributed by atoms with E-state index in [-0.39, 0.29) is 5.41 Å². The van der Waals surface area contributed by atoms with Gasteiger partial charge >= 0.3 is 0 Å². The van der Waals surface area contributed by atoms with Crippen molar-refractivity contribution in [3.05, 3.63) is 47.5 Å². The first kappa shape index (κ1) is 25.5. The highest BCUT2D eigenvalue weighted by atomic mass is 16.5. The van der Waals surface area contributed by atoms with Crippen LogP contribution >= 0.6 is 0 Å². The molecule has 3 heterocycles. The van der Waals surface area contributed by atoms with Crippen molar-refractivity contribution in [2.24, 2.45) is 0 Å². The van der Waals surface area contributed by atoms with E-state index in [1.54, 1.807) is 13.4 Å². The van der Waals surface area contributed by atoms with Gasteiger partial charge in [0.15, 0.2) is 0 Å². The maximum absolute atomic E-state index is 6.45. The van der Waals surface area contributed by atoms with Crippen LogP contribution in [0.25, 0.3) is 0 Å². The van der Waals surface area contributed by atoms with Gasteiger partial charge in [0.05, 0.1) is 35.6 Å². The lowest BCUT2D eigenvalue weighted by molar-refractivity contribution is 0.413. The predicted molar refractivity (Wildman–Crippen MR) is 148 cm³/mol. The number of aromatic nitrogens is 3. The molecule has 0 fully saturated rings. The van der Waals surface area contributed by atoms with Crippen LogP contribution in [0.15, 0.2) is 30.6 Å². The number of benzene rings is 1. The van der Waals surface area contributed by atoms with Gasteiger partial charge in [0.25, 0.3) is 0 Å². The second-order valence-electron chi connectivity index (χ2n) is 10.5. The molecule has 192 valence electrons. The Bertz CT molecular complexity index is 1260. The van der Waals surface area contributed by atoms with E-state index < -0.39 is 0 Å². The molecule has 9 heteroatoms. The summed E-state index contributed by atoms with van der Waals surface area (Å²) in [6.45, 7) is 11.2. The fourth-order valence-electron chi connectivity index (χ4n) is 4.51. The number of nitrogens with two attached hydrogens (primary N) is 1. The Morgan fingerprint density at radius 1 is 1.08 bits per heavy atom. The molecule has 0 atom stereocenters. The van der Waals surface area contributed by atoms with Crippen LogP contribution in [0.5, 0.6) is 5.75 Å². The van der Waals surface area contributed by atoms with Crippen molar-refractivity contribution in [3.8, 4) is 5.75 Å². The summed E-state index contributed by atoms with van der Waals surface area (Å²) in [7, 11) is 7.81. The van der Waals surface area contributed by atoms with E-state index in [4.69, 9.17) is 15.5 Å². The number of nitrogens with one attached hydrogen (secondary N) is 1. The minimum Gasteiger partial charge on any atom is -0.494 e. The number of aryl methyl sites for hydroxylation is 2. The molecule has 0 unspecified atom stereocenters. The monoisotopic (exact) mass is 490 g/mol. The number of likely N-dealkylation sites (N-methyl/N-ethyl adjacent to an activating group) is 2. The topological polar surface area (TPSA) is 95.7 Å². The Hall–Kier alpha value is -3.59. The molecule has 0 amide bonds. The van der Waals surface area contributed by atoms with Crippen LogP contribution in [0.3, 0.4) is 0 Å². The van der Waals surface area contributed by atoms with Gasteiger partial charge in [-0.2, -0.15) is 0 Å². The fourth-order valence-corrected chi connectivity index (χ4v) is 4.51. The van der Waals surface area contributed by atoms with Crippen molar-refractivity contribution >= 4 is 34.4 Å². The molecule has 0 saturated carbocycles. The molecular formula is C27H38N8O. The SMILES string of the molecule is COc1cc(N(C)CCN(C)C)c(N)cc1Nc1cc(N2CC(C)(C)c3nc(C)c(C)cc32)ncn1. The molecule has 36 heavy (non-hydrogen) atoms. The number of pyridine rings is 1. The average molecular weight is 491 g/mol. The smallest absolute Gasteiger partial charge is 0.144 e. The Balaban J connectivity index is 1.62. The van der Waals surface area contributed by atoms with Crippen LogP contribution < -0.4 is 25.6 Å². The molecule has 2 aromatic heterocycles. The molecule has 0 spiro atoms. The minimum atomic E-state index is -0.0849. The third-order valence-corrected chi connectivity index (χ3v) is 6.77. The van der Waals surface area contributed by atoms with Crippen molar-refractivity contribution in [1.82, 2.24) is 19.9 Å². The Morgan fingerprint density at radius 2 is 1.83 bits per heavy atom. The first-order valence-electron chi connectivity index (χ1n) is 12.2. The molecule has 0 radical (unpaired) electrons. The van der Waals surface area contributed by atoms with E-state index >= 15 is 0 Å². The molecule has 0 bridgehead atoms. The van der Waals surface area contributed by atoms with Gasteiger partial charge in [-0.1, -0.05) is 13.8 Å². The van der Waals surface area contributed by atoms with Crippen molar-refractivity contribution in [2.75, 3.05) is 68.7 Å². The van der Waals surface area contributed by atoms with Crippen molar-refractivity contribution in [3.63, 3.8) is 0 Å². The summed E-state index contributed by atoms with van der Waals surface area (Å²) in [5.41, 5.74) is 13.1. The van der Waals surface area contributed by atoms with E-state index in [1.165, 1.54) is 5.56 Å². The van der Waals surface area contributed by atoms with Gasteiger partial charge in [-0.15, -0.1) is 0 Å². The van der Waals surface area contributed by atoms with E-state index in [1.807, 2.05) is 25.2 Å². The highest BCUT2D eigenvalue weighted by molar-refractivity contribution is 5.80. The number of fused-ring (bicyclic) bond motifs is 1. The molecule has 0 aliphatic carbocycles. The summed E-state index contributed by atoms with van der Waals surface area (Å²) < 4.78 is 5.70. The van der Waals surface area contributed by atoms with Gasteiger partial charge < -0.3 is 30.5 Å². The first-order chi connectivity index (χ1) is 17.0. The summed E-state index contributed by atoms with van der Waals surface area (Å²) in [4.78, 5) is 20.5. The number of nitrogens with zero attached hydrogens (tertiary/aromatic N) is 6. The van der Waals surface area contributed by atoms with Crippen molar-refractivity contribution in [1.29, 1.82) is 0 Å². The van der Waals surface area contributed by atoms with E-state index in [2.05, 4.69) is 77.8 Å². The number of hydrogen-bond acceptors (Lipinski definition) is 9. The number of nitrogen functional groups attached to an aromatic ring is 1. The van der Waals surface area contributed by atoms with Crippen molar-refractivity contribution in [2.45, 2.75) is 33.1 Å². The molecule has 3 aromatic rings. The van der Waals surface area contributed by atoms with E-state index in [0.29, 0.717) is 17.3 Å². The summed E-state index contributed by atoms with van der Waals surface area (Å²) in [6.07, 6.45) is 1.58. The van der Waals surface area contributed by atoms with Crippen molar-refractivity contribution < 1.29 is 4.74 Å². The molecule has 1 aromatic carbocycles. The molecule has 1 aliphatic rings. The quantitative estimate of drug-likeness (QED) is 0.449. The lowest BCUT2D eigenvalue weighted by Crippen LogP contribution is -2.29. The third-order valence-electron chi connectivity index (χ3n) is 6.77. The summed E-state index contributed by atoms with van der Waals surface area (Å²) in [5.74, 6) is 2.17. The predicted octanol–water partition coefficient (Wildman–Crippen LogP) is 4.25. The lowest BCUT2D eigenvalue weighted by atomic mass is 9.91. The largest absolute Gasteiger partial charge is 0.494 e. The van der Waals surface area contributed by atoms with Gasteiger partial charge in [0.1, 0.15) is 23.7 Å². The van der Waals surface area contributed by atoms with E-state index in [0.717, 1.165) is 53.9 Å². The van der Waals surface area contributed by atoms with Crippen LogP contribution in [0.1, 0.15) is 30.8 Å². The zero-order valence-corrected chi connectivity index (χ0v) is 22.7. The van der Waals surface area contributed by atoms with Crippen LogP contribution in [-0.2, 0) is 5.41 Å². The minimum absolute atomic E-state index is 0.0849. The summed E-state index contributed by atoms with van der Waals surface area (Å²) >= 11 is 0. The van der Waals surface area contributed by atoms with Gasteiger partial charge in [-0.3, -0.25) is 4.98 Å². The fraction of sp³-hybridized carbons (Fsp3) is 0.444. The number of methoxy groups -OCH3 is 1. The lowest BCUT2D eigenvalue weighted by Gasteiger charge is -2.25. The third kappa shape index (κ3) is 5.02.